The van der Waals surface area contributed by atoms with Gasteiger partial charge < -0.3 is 24.1 Å². The van der Waals surface area contributed by atoms with Gasteiger partial charge >= 0.3 is 13.8 Å². The summed E-state index contributed by atoms with van der Waals surface area (Å²) in [6.07, 6.45) is 11.8. The van der Waals surface area contributed by atoms with Crippen molar-refractivity contribution < 1.29 is 43.1 Å². The topological polar surface area (TPSA) is 155 Å². The molecule has 1 amide bonds. The molecule has 202 valence electrons. The number of oxime groups is 1. The minimum Gasteiger partial charge on any atom is -0.507 e. The van der Waals surface area contributed by atoms with E-state index in [2.05, 4.69) is 9.68 Å². The molecule has 12 heteroatoms. The van der Waals surface area contributed by atoms with Crippen LogP contribution in [-0.4, -0.2) is 63.2 Å². The molecule has 2 aliphatic rings. The zero-order chi connectivity index (χ0) is 26.8. The van der Waals surface area contributed by atoms with Gasteiger partial charge in [0.05, 0.1) is 5.71 Å². The number of hydrogen-bond donors (Lipinski definition) is 3. The first-order valence-electron chi connectivity index (χ1n) is 12.2. The van der Waals surface area contributed by atoms with Crippen LogP contribution in [0.3, 0.4) is 0 Å². The van der Waals surface area contributed by atoms with Gasteiger partial charge in [-0.15, -0.1) is 0 Å². The number of phenols is 1. The van der Waals surface area contributed by atoms with Crippen LogP contribution >= 0.6 is 7.82 Å². The molecule has 37 heavy (non-hydrogen) atoms. The number of rotatable bonds is 5. The Labute approximate surface area is 215 Å². The quantitative estimate of drug-likeness (QED) is 0.221. The fraction of sp³-hybridized carbons (Fsp3) is 0.480. The van der Waals surface area contributed by atoms with Crippen LogP contribution in [0.15, 0.2) is 41.6 Å². The largest absolute Gasteiger partial charge is 0.524 e. The van der Waals surface area contributed by atoms with Crippen molar-refractivity contribution in [2.45, 2.75) is 58.0 Å². The number of carbonyl (C=O) groups is 2. The van der Waals surface area contributed by atoms with Crippen LogP contribution in [0.25, 0.3) is 0 Å². The number of piperidine rings is 1. The summed E-state index contributed by atoms with van der Waals surface area (Å²) in [6, 6.07) is 2.17. The molecular weight excluding hydrogens is 503 g/mol. The lowest BCUT2D eigenvalue weighted by Gasteiger charge is -2.26. The van der Waals surface area contributed by atoms with Gasteiger partial charge in [0.1, 0.15) is 23.2 Å². The number of benzene rings is 1. The Morgan fingerprint density at radius 1 is 1.16 bits per heavy atom. The number of aromatic hydroxyl groups is 1. The third kappa shape index (κ3) is 9.35. The van der Waals surface area contributed by atoms with Gasteiger partial charge in [-0.05, 0) is 56.7 Å². The summed E-state index contributed by atoms with van der Waals surface area (Å²) >= 11 is 0. The van der Waals surface area contributed by atoms with Crippen molar-refractivity contribution in [3.8, 4) is 11.5 Å². The van der Waals surface area contributed by atoms with E-state index in [4.69, 9.17) is 9.57 Å². The van der Waals surface area contributed by atoms with E-state index in [1.54, 1.807) is 17.9 Å². The molecule has 1 fully saturated rings. The maximum absolute atomic E-state index is 12.9. The Kier molecular flexibility index (Phi) is 10.3. The first-order valence-corrected chi connectivity index (χ1v) is 13.8. The number of ether oxygens (including phenoxy) is 1. The Morgan fingerprint density at radius 3 is 2.62 bits per heavy atom. The number of carbonyl (C=O) groups excluding carboxylic acids is 2. The highest BCUT2D eigenvalue weighted by Crippen LogP contribution is 2.40. The smallest absolute Gasteiger partial charge is 0.507 e. The van der Waals surface area contributed by atoms with E-state index in [1.165, 1.54) is 6.07 Å². The van der Waals surface area contributed by atoms with Crippen LogP contribution < -0.4 is 4.52 Å². The van der Waals surface area contributed by atoms with Gasteiger partial charge in [0.15, 0.2) is 6.61 Å². The van der Waals surface area contributed by atoms with E-state index in [0.717, 1.165) is 31.7 Å². The Morgan fingerprint density at radius 2 is 1.89 bits per heavy atom. The number of likely N-dealkylation sites (tertiary alicyclic amines) is 1. The minimum absolute atomic E-state index is 0.0744. The van der Waals surface area contributed by atoms with E-state index < -0.39 is 25.6 Å². The molecule has 1 aromatic carbocycles. The predicted molar refractivity (Wildman–Crippen MR) is 135 cm³/mol. The Hall–Kier alpha value is -3.14. The maximum Gasteiger partial charge on any atom is 0.524 e. The molecule has 1 saturated heterocycles. The van der Waals surface area contributed by atoms with Crippen molar-refractivity contribution in [2.24, 2.45) is 5.16 Å². The number of esters is 1. The normalized spacial score (nSPS) is 22.4. The van der Waals surface area contributed by atoms with Crippen LogP contribution in [0, 0.1) is 0 Å². The van der Waals surface area contributed by atoms with Crippen molar-refractivity contribution in [3.63, 3.8) is 0 Å². The van der Waals surface area contributed by atoms with E-state index in [9.17, 15) is 29.0 Å². The second-order valence-electron chi connectivity index (χ2n) is 8.94. The van der Waals surface area contributed by atoms with Gasteiger partial charge in [0.25, 0.3) is 5.91 Å². The average Bonchev–Trinajstić information content (AvgIpc) is 2.81. The summed E-state index contributed by atoms with van der Waals surface area (Å²) in [6.45, 7) is 2.83. The van der Waals surface area contributed by atoms with E-state index in [-0.39, 0.29) is 35.8 Å². The second kappa shape index (κ2) is 13.4. The fourth-order valence-corrected chi connectivity index (χ4v) is 4.43. The maximum atomic E-state index is 12.9. The summed E-state index contributed by atoms with van der Waals surface area (Å²) < 4.78 is 21.5. The molecule has 0 aromatic heterocycles. The lowest BCUT2D eigenvalue weighted by atomic mass is 9.99. The third-order valence-electron chi connectivity index (χ3n) is 5.80. The second-order valence-corrected chi connectivity index (χ2v) is 10.1. The molecule has 1 aromatic rings. The van der Waals surface area contributed by atoms with Gasteiger partial charge in [0.2, 0.25) is 0 Å². The molecule has 11 nitrogen and oxygen atoms in total. The predicted octanol–water partition coefficient (Wildman–Crippen LogP) is 3.63. The number of hydrogen-bond acceptors (Lipinski definition) is 8. The zero-order valence-corrected chi connectivity index (χ0v) is 21.6. The van der Waals surface area contributed by atoms with Gasteiger partial charge in [-0.3, -0.25) is 14.6 Å². The number of allylic oxidation sites excluding steroid dienone is 3. The highest BCUT2D eigenvalue weighted by atomic mass is 31.2. The standard InChI is InChI=1S/C25H33N2O9P/c1-18-10-6-3-2-4-7-11-20(26-34-17-23(29)27-12-8-5-9-13-27)14-19-15-21(36-37(31,32)33)16-22(28)24(19)25(30)35-18/h3,6-7,11,15-16,18,28H,2,4-5,8-10,12-14,17H2,1H3,(H2,31,32,33)/b6-3+,11-7+,26-20+/t18-/m1/s1. The third-order valence-corrected chi connectivity index (χ3v) is 6.25. The first kappa shape index (κ1) is 28.4. The molecule has 0 aliphatic carbocycles. The van der Waals surface area contributed by atoms with Crippen molar-refractivity contribution >= 4 is 25.4 Å². The summed E-state index contributed by atoms with van der Waals surface area (Å²) in [7, 11) is -4.93. The van der Waals surface area contributed by atoms with Crippen molar-refractivity contribution in [1.29, 1.82) is 0 Å². The molecule has 2 heterocycles. The van der Waals surface area contributed by atoms with Crippen LogP contribution in [0.2, 0.25) is 0 Å². The number of phosphoric ester groups is 1. The van der Waals surface area contributed by atoms with E-state index in [1.807, 2.05) is 18.2 Å². The van der Waals surface area contributed by atoms with Gasteiger partial charge in [0, 0.05) is 32.0 Å². The minimum atomic E-state index is -4.93. The van der Waals surface area contributed by atoms with Crippen molar-refractivity contribution in [2.75, 3.05) is 19.7 Å². The van der Waals surface area contributed by atoms with Gasteiger partial charge in [-0.25, -0.2) is 9.36 Å². The monoisotopic (exact) mass is 536 g/mol. The number of fused-ring (bicyclic) bond motifs is 1. The number of phosphoric acid groups is 1. The molecule has 0 saturated carbocycles. The number of phenolic OH excluding ortho intramolecular Hbond substituents is 1. The number of amides is 1. The first-order chi connectivity index (χ1) is 17.6. The van der Waals surface area contributed by atoms with Crippen LogP contribution in [0.1, 0.15) is 61.4 Å². The molecule has 0 radical (unpaired) electrons. The molecular formula is C25H33N2O9P. The SMILES string of the molecule is C[C@@H]1C/C=C/CC/C=C/C(=N\OCC(=O)N2CCCCC2)Cc2cc(OP(=O)(O)O)cc(O)c2C(=O)O1. The fourth-order valence-electron chi connectivity index (χ4n) is 4.05. The average molecular weight is 537 g/mol. The summed E-state index contributed by atoms with van der Waals surface area (Å²) in [5.74, 6) is -1.88. The lowest BCUT2D eigenvalue weighted by Crippen LogP contribution is -2.37. The van der Waals surface area contributed by atoms with Gasteiger partial charge in [-0.1, -0.05) is 23.4 Å². The summed E-state index contributed by atoms with van der Waals surface area (Å²) in [5.41, 5.74) is 0.293. The van der Waals surface area contributed by atoms with Crippen molar-refractivity contribution in [3.05, 3.63) is 47.6 Å². The number of nitrogens with zero attached hydrogens (tertiary/aromatic N) is 2. The van der Waals surface area contributed by atoms with Crippen molar-refractivity contribution in [1.82, 2.24) is 4.90 Å². The molecule has 3 N–H and O–H groups in total. The Bertz CT molecular complexity index is 1100. The molecule has 2 aliphatic heterocycles. The summed E-state index contributed by atoms with van der Waals surface area (Å²) in [5, 5.41) is 14.7. The van der Waals surface area contributed by atoms with Gasteiger partial charge in [-0.2, -0.15) is 0 Å². The molecule has 0 spiro atoms. The highest BCUT2D eigenvalue weighted by Gasteiger charge is 2.25. The zero-order valence-electron chi connectivity index (χ0n) is 20.7. The van der Waals surface area contributed by atoms with E-state index in [0.29, 0.717) is 31.6 Å². The lowest BCUT2D eigenvalue weighted by molar-refractivity contribution is -0.137. The summed E-state index contributed by atoms with van der Waals surface area (Å²) in [4.78, 5) is 50.9. The highest BCUT2D eigenvalue weighted by molar-refractivity contribution is 7.46. The van der Waals surface area contributed by atoms with Crippen LogP contribution in [0.4, 0.5) is 0 Å². The molecule has 0 bridgehead atoms. The molecule has 3 rings (SSSR count). The molecule has 0 unspecified atom stereocenters. The molecule has 1 atom stereocenters. The van der Waals surface area contributed by atoms with Crippen LogP contribution in [0.5, 0.6) is 11.5 Å². The number of cyclic esters (lactones) is 1. The van der Waals surface area contributed by atoms with Crippen LogP contribution in [-0.2, 0) is 25.4 Å². The van der Waals surface area contributed by atoms with E-state index >= 15 is 0 Å². The Balaban J connectivity index is 1.92.